The number of nitrogens with zero attached hydrogens (tertiary/aromatic N) is 1. The lowest BCUT2D eigenvalue weighted by Crippen LogP contribution is -2.42. The van der Waals surface area contributed by atoms with Crippen LogP contribution in [0.5, 0.6) is 0 Å². The molecule has 7 heteroatoms. The van der Waals surface area contributed by atoms with Gasteiger partial charge in [0.25, 0.3) is 0 Å². The molecule has 0 spiro atoms. The second-order valence-corrected chi connectivity index (χ2v) is 10.2. The number of hydrogen-bond acceptors (Lipinski definition) is 4. The van der Waals surface area contributed by atoms with Crippen LogP contribution in [0.2, 0.25) is 0 Å². The molecular weight excluding hydrogens is 326 g/mol. The van der Waals surface area contributed by atoms with E-state index >= 15 is 0 Å². The van der Waals surface area contributed by atoms with Crippen LogP contribution in [-0.2, 0) is 14.6 Å². The first kappa shape index (κ1) is 21.2. The summed E-state index contributed by atoms with van der Waals surface area (Å²) in [5.74, 6) is 0.735. The van der Waals surface area contributed by atoms with Crippen molar-refractivity contribution in [3.8, 4) is 0 Å². The fraction of sp³-hybridized carbons (Fsp3) is 0.941. The standard InChI is InChI=1S/C17H35N3O3S/c1-17(2,3)24(21,22)14-12-20-16(18-4)19-11-8-13-23-15-9-6-5-7-10-15/h15H,5-14H2,1-4H3,(H2,18,19,20). The van der Waals surface area contributed by atoms with E-state index in [0.29, 0.717) is 18.6 Å². The van der Waals surface area contributed by atoms with Gasteiger partial charge in [-0.1, -0.05) is 19.3 Å². The van der Waals surface area contributed by atoms with Crippen molar-refractivity contribution in [3.05, 3.63) is 0 Å². The van der Waals surface area contributed by atoms with Crippen molar-refractivity contribution in [2.45, 2.75) is 70.1 Å². The SMILES string of the molecule is CN=C(NCCCOC1CCCCC1)NCCS(=O)(=O)C(C)(C)C. The van der Waals surface area contributed by atoms with Gasteiger partial charge in [-0.05, 0) is 40.0 Å². The monoisotopic (exact) mass is 361 g/mol. The van der Waals surface area contributed by atoms with Crippen molar-refractivity contribution in [1.82, 2.24) is 10.6 Å². The zero-order chi connectivity index (χ0) is 18.1. The summed E-state index contributed by atoms with van der Waals surface area (Å²) in [7, 11) is -1.42. The summed E-state index contributed by atoms with van der Waals surface area (Å²) >= 11 is 0. The van der Waals surface area contributed by atoms with E-state index in [1.807, 2.05) is 0 Å². The molecule has 0 bridgehead atoms. The van der Waals surface area contributed by atoms with Gasteiger partial charge in [0.05, 0.1) is 16.6 Å². The number of ether oxygens (including phenoxy) is 1. The van der Waals surface area contributed by atoms with Crippen molar-refractivity contribution in [3.63, 3.8) is 0 Å². The molecule has 0 radical (unpaired) electrons. The third kappa shape index (κ3) is 7.83. The predicted octanol–water partition coefficient (Wildman–Crippen LogP) is 2.10. The van der Waals surface area contributed by atoms with Crippen LogP contribution in [0, 0.1) is 0 Å². The normalized spacial score (nSPS) is 17.8. The Hall–Kier alpha value is -0.820. The Bertz CT molecular complexity index is 478. The third-order valence-corrected chi connectivity index (χ3v) is 6.95. The van der Waals surface area contributed by atoms with Gasteiger partial charge >= 0.3 is 0 Å². The number of sulfone groups is 1. The summed E-state index contributed by atoms with van der Waals surface area (Å²) in [5.41, 5.74) is 0. The summed E-state index contributed by atoms with van der Waals surface area (Å²) in [5, 5.41) is 6.25. The van der Waals surface area contributed by atoms with E-state index in [1.165, 1.54) is 32.1 Å². The van der Waals surface area contributed by atoms with Crippen molar-refractivity contribution in [2.24, 2.45) is 4.99 Å². The molecule has 0 heterocycles. The lowest BCUT2D eigenvalue weighted by atomic mass is 9.98. The number of aliphatic imine (C=N–C) groups is 1. The zero-order valence-corrected chi connectivity index (χ0v) is 16.5. The summed E-state index contributed by atoms with van der Waals surface area (Å²) in [6.45, 7) is 7.05. The topological polar surface area (TPSA) is 79.8 Å². The minimum Gasteiger partial charge on any atom is -0.378 e. The Morgan fingerprint density at radius 1 is 1.12 bits per heavy atom. The maximum atomic E-state index is 12.1. The van der Waals surface area contributed by atoms with Gasteiger partial charge in [0, 0.05) is 26.7 Å². The number of guanidine groups is 1. The van der Waals surface area contributed by atoms with Crippen LogP contribution in [0.1, 0.15) is 59.3 Å². The molecule has 142 valence electrons. The largest absolute Gasteiger partial charge is 0.378 e. The quantitative estimate of drug-likeness (QED) is 0.393. The fourth-order valence-corrected chi connectivity index (χ4v) is 3.57. The van der Waals surface area contributed by atoms with E-state index in [0.717, 1.165) is 19.6 Å². The molecule has 1 aliphatic carbocycles. The van der Waals surface area contributed by atoms with Crippen molar-refractivity contribution in [2.75, 3.05) is 32.5 Å². The second kappa shape index (κ2) is 10.2. The minimum atomic E-state index is -3.11. The third-order valence-electron chi connectivity index (χ3n) is 4.34. The molecule has 0 amide bonds. The molecule has 0 atom stereocenters. The van der Waals surface area contributed by atoms with Gasteiger partial charge in [-0.25, -0.2) is 8.42 Å². The van der Waals surface area contributed by atoms with Crippen LogP contribution in [0.4, 0.5) is 0 Å². The Labute approximate surface area is 147 Å². The van der Waals surface area contributed by atoms with E-state index < -0.39 is 14.6 Å². The summed E-state index contributed by atoms with van der Waals surface area (Å²) < 4.78 is 29.3. The van der Waals surface area contributed by atoms with Gasteiger partial charge in [-0.3, -0.25) is 4.99 Å². The summed E-state index contributed by atoms with van der Waals surface area (Å²) in [4.78, 5) is 4.12. The highest BCUT2D eigenvalue weighted by Gasteiger charge is 2.28. The highest BCUT2D eigenvalue weighted by molar-refractivity contribution is 7.92. The van der Waals surface area contributed by atoms with Crippen molar-refractivity contribution in [1.29, 1.82) is 0 Å². The Morgan fingerprint density at radius 2 is 1.75 bits per heavy atom. The molecule has 0 saturated heterocycles. The highest BCUT2D eigenvalue weighted by atomic mass is 32.2. The molecule has 0 aromatic rings. The Morgan fingerprint density at radius 3 is 2.33 bits per heavy atom. The molecule has 0 aromatic carbocycles. The molecule has 1 aliphatic rings. The molecule has 0 aliphatic heterocycles. The van der Waals surface area contributed by atoms with Crippen molar-refractivity contribution < 1.29 is 13.2 Å². The zero-order valence-electron chi connectivity index (χ0n) is 15.7. The Balaban J connectivity index is 2.14. The van der Waals surface area contributed by atoms with Crippen molar-refractivity contribution >= 4 is 15.8 Å². The molecule has 2 N–H and O–H groups in total. The minimum absolute atomic E-state index is 0.0992. The molecule has 0 aromatic heterocycles. The molecule has 1 saturated carbocycles. The van der Waals surface area contributed by atoms with E-state index in [2.05, 4.69) is 15.6 Å². The lowest BCUT2D eigenvalue weighted by molar-refractivity contribution is 0.0277. The summed E-state index contributed by atoms with van der Waals surface area (Å²) in [6, 6.07) is 0. The van der Waals surface area contributed by atoms with Crippen LogP contribution in [0.25, 0.3) is 0 Å². The average molecular weight is 362 g/mol. The number of rotatable bonds is 8. The molecule has 24 heavy (non-hydrogen) atoms. The maximum absolute atomic E-state index is 12.1. The van der Waals surface area contributed by atoms with Crippen LogP contribution in [-0.4, -0.2) is 57.7 Å². The molecule has 0 unspecified atom stereocenters. The fourth-order valence-electron chi connectivity index (χ4n) is 2.59. The van der Waals surface area contributed by atoms with Crippen LogP contribution >= 0.6 is 0 Å². The van der Waals surface area contributed by atoms with Gasteiger partial charge in [0.1, 0.15) is 0 Å². The average Bonchev–Trinajstić information content (AvgIpc) is 2.52. The van der Waals surface area contributed by atoms with Gasteiger partial charge in [0.2, 0.25) is 0 Å². The number of nitrogens with one attached hydrogen (secondary N) is 2. The first-order valence-corrected chi connectivity index (χ1v) is 10.7. The van der Waals surface area contributed by atoms with Gasteiger partial charge in [-0.15, -0.1) is 0 Å². The molecule has 1 fully saturated rings. The lowest BCUT2D eigenvalue weighted by Gasteiger charge is -2.22. The highest BCUT2D eigenvalue weighted by Crippen LogP contribution is 2.20. The number of hydrogen-bond donors (Lipinski definition) is 2. The first-order valence-electron chi connectivity index (χ1n) is 9.04. The van der Waals surface area contributed by atoms with Crippen LogP contribution in [0.15, 0.2) is 4.99 Å². The predicted molar refractivity (Wildman–Crippen MR) is 100 cm³/mol. The van der Waals surface area contributed by atoms with E-state index in [-0.39, 0.29) is 5.75 Å². The smallest absolute Gasteiger partial charge is 0.191 e. The molecule has 1 rings (SSSR count). The Kier molecular flexibility index (Phi) is 9.05. The molecular formula is C17H35N3O3S. The van der Waals surface area contributed by atoms with E-state index in [4.69, 9.17) is 4.74 Å². The first-order chi connectivity index (χ1) is 11.3. The van der Waals surface area contributed by atoms with Gasteiger partial charge in [0.15, 0.2) is 15.8 Å². The second-order valence-electron chi connectivity index (χ2n) is 7.34. The van der Waals surface area contributed by atoms with E-state index in [1.54, 1.807) is 27.8 Å². The van der Waals surface area contributed by atoms with Gasteiger partial charge in [-0.2, -0.15) is 0 Å². The molecule has 6 nitrogen and oxygen atoms in total. The summed E-state index contributed by atoms with van der Waals surface area (Å²) in [6.07, 6.45) is 7.66. The maximum Gasteiger partial charge on any atom is 0.191 e. The van der Waals surface area contributed by atoms with E-state index in [9.17, 15) is 8.42 Å². The van der Waals surface area contributed by atoms with Gasteiger partial charge < -0.3 is 15.4 Å². The van der Waals surface area contributed by atoms with Crippen LogP contribution < -0.4 is 10.6 Å². The van der Waals surface area contributed by atoms with Crippen LogP contribution in [0.3, 0.4) is 0 Å².